The maximum absolute atomic E-state index is 12.5. The number of nitrogens with zero attached hydrogens (tertiary/aromatic N) is 1. The molecule has 0 saturated heterocycles. The number of aryl methyl sites for hydroxylation is 1. The molecule has 2 aromatic rings. The monoisotopic (exact) mass is 373 g/mol. The normalized spacial score (nSPS) is 16.5. The lowest BCUT2D eigenvalue weighted by atomic mass is 9.98. The Labute approximate surface area is 160 Å². The van der Waals surface area contributed by atoms with Crippen molar-refractivity contribution in [3.05, 3.63) is 28.8 Å². The molecule has 1 aromatic heterocycles. The largest absolute Gasteiger partial charge is 0.352 e. The highest BCUT2D eigenvalue weighted by molar-refractivity contribution is 7.18. The van der Waals surface area contributed by atoms with Crippen molar-refractivity contribution in [1.82, 2.24) is 15.6 Å². The van der Waals surface area contributed by atoms with Gasteiger partial charge in [-0.1, -0.05) is 32.8 Å². The summed E-state index contributed by atoms with van der Waals surface area (Å²) in [7, 11) is 1.96. The SMILES string of the molecule is CNCC(NC(=O)CCc1nc2ccc(C(C)C)cc2s1)C1CCCC1. The molecule has 26 heavy (non-hydrogen) atoms. The third-order valence-corrected chi connectivity index (χ3v) is 6.51. The Morgan fingerprint density at radius 1 is 1.31 bits per heavy atom. The lowest BCUT2D eigenvalue weighted by Crippen LogP contribution is -2.45. The Balaban J connectivity index is 1.57. The average molecular weight is 374 g/mol. The number of benzene rings is 1. The predicted molar refractivity (Wildman–Crippen MR) is 110 cm³/mol. The van der Waals surface area contributed by atoms with Crippen molar-refractivity contribution in [2.24, 2.45) is 5.92 Å². The van der Waals surface area contributed by atoms with Gasteiger partial charge in [-0.25, -0.2) is 4.98 Å². The van der Waals surface area contributed by atoms with Gasteiger partial charge < -0.3 is 10.6 Å². The molecule has 0 bridgehead atoms. The number of hydrogen-bond donors (Lipinski definition) is 2. The van der Waals surface area contributed by atoms with Crippen LogP contribution in [-0.4, -0.2) is 30.5 Å². The number of thiazole rings is 1. The molecule has 0 spiro atoms. The van der Waals surface area contributed by atoms with E-state index < -0.39 is 0 Å². The van der Waals surface area contributed by atoms with E-state index in [0.717, 1.165) is 23.5 Å². The highest BCUT2D eigenvalue weighted by atomic mass is 32.1. The zero-order chi connectivity index (χ0) is 18.5. The molecule has 4 nitrogen and oxygen atoms in total. The molecule has 0 radical (unpaired) electrons. The minimum atomic E-state index is 0.152. The van der Waals surface area contributed by atoms with Crippen LogP contribution in [-0.2, 0) is 11.2 Å². The van der Waals surface area contributed by atoms with Crippen LogP contribution >= 0.6 is 11.3 Å². The van der Waals surface area contributed by atoms with Crippen LogP contribution in [0.3, 0.4) is 0 Å². The lowest BCUT2D eigenvalue weighted by Gasteiger charge is -2.24. The van der Waals surface area contributed by atoms with Gasteiger partial charge in [0.15, 0.2) is 0 Å². The predicted octanol–water partition coefficient (Wildman–Crippen LogP) is 4.25. The minimum absolute atomic E-state index is 0.152. The first kappa shape index (κ1) is 19.3. The molecule has 142 valence electrons. The van der Waals surface area contributed by atoms with Crippen molar-refractivity contribution in [2.45, 2.75) is 64.3 Å². The molecule has 1 aliphatic rings. The summed E-state index contributed by atoms with van der Waals surface area (Å²) >= 11 is 1.72. The number of amides is 1. The first-order valence-electron chi connectivity index (χ1n) is 9.90. The van der Waals surface area contributed by atoms with E-state index >= 15 is 0 Å². The molecule has 1 fully saturated rings. The molecule has 0 aliphatic heterocycles. The first-order chi connectivity index (χ1) is 12.6. The summed E-state index contributed by atoms with van der Waals surface area (Å²) in [6.07, 6.45) is 6.31. The third kappa shape index (κ3) is 4.83. The fraction of sp³-hybridized carbons (Fsp3) is 0.619. The van der Waals surface area contributed by atoms with Gasteiger partial charge in [0, 0.05) is 25.4 Å². The van der Waals surface area contributed by atoms with Crippen LogP contribution in [0.2, 0.25) is 0 Å². The number of likely N-dealkylation sites (N-methyl/N-ethyl adjacent to an activating group) is 1. The van der Waals surface area contributed by atoms with Gasteiger partial charge in [0.05, 0.1) is 15.2 Å². The third-order valence-electron chi connectivity index (χ3n) is 5.43. The van der Waals surface area contributed by atoms with Gasteiger partial charge in [-0.15, -0.1) is 11.3 Å². The van der Waals surface area contributed by atoms with Gasteiger partial charge in [-0.05, 0) is 49.4 Å². The lowest BCUT2D eigenvalue weighted by molar-refractivity contribution is -0.122. The second kappa shape index (κ2) is 8.96. The standard InChI is InChI=1S/C21H31N3OS/c1-14(2)16-8-9-17-19(12-16)26-21(24-17)11-10-20(25)23-18(13-22-3)15-6-4-5-7-15/h8-9,12,14-15,18,22H,4-7,10-11,13H2,1-3H3,(H,23,25). The number of carbonyl (C=O) groups excluding carboxylic acids is 1. The Morgan fingerprint density at radius 3 is 2.77 bits per heavy atom. The highest BCUT2D eigenvalue weighted by Crippen LogP contribution is 2.28. The zero-order valence-electron chi connectivity index (χ0n) is 16.2. The number of aromatic nitrogens is 1. The first-order valence-corrected chi connectivity index (χ1v) is 10.7. The van der Waals surface area contributed by atoms with Crippen LogP contribution < -0.4 is 10.6 Å². The van der Waals surface area contributed by atoms with Gasteiger partial charge >= 0.3 is 0 Å². The average Bonchev–Trinajstić information content (AvgIpc) is 3.28. The minimum Gasteiger partial charge on any atom is -0.352 e. The Morgan fingerprint density at radius 2 is 2.08 bits per heavy atom. The van der Waals surface area contributed by atoms with Gasteiger partial charge in [-0.2, -0.15) is 0 Å². The molecular formula is C21H31N3OS. The van der Waals surface area contributed by atoms with E-state index in [2.05, 4.69) is 42.7 Å². The molecule has 1 heterocycles. The maximum atomic E-state index is 12.5. The number of nitrogens with one attached hydrogen (secondary N) is 2. The van der Waals surface area contributed by atoms with E-state index in [-0.39, 0.29) is 11.9 Å². The van der Waals surface area contributed by atoms with Crippen molar-refractivity contribution >= 4 is 27.5 Å². The molecule has 1 aromatic carbocycles. The molecule has 1 amide bonds. The summed E-state index contributed by atoms with van der Waals surface area (Å²) in [6, 6.07) is 6.77. The molecule has 2 N–H and O–H groups in total. The molecule has 1 atom stereocenters. The summed E-state index contributed by atoms with van der Waals surface area (Å²) in [4.78, 5) is 17.2. The number of carbonyl (C=O) groups is 1. The summed E-state index contributed by atoms with van der Waals surface area (Å²) in [5.74, 6) is 1.30. The Hall–Kier alpha value is -1.46. The van der Waals surface area contributed by atoms with E-state index in [0.29, 0.717) is 18.3 Å². The summed E-state index contributed by atoms with van der Waals surface area (Å²) < 4.78 is 1.23. The summed E-state index contributed by atoms with van der Waals surface area (Å²) in [5, 5.41) is 7.55. The van der Waals surface area contributed by atoms with Gasteiger partial charge in [0.2, 0.25) is 5.91 Å². The van der Waals surface area contributed by atoms with Crippen LogP contribution in [0.15, 0.2) is 18.2 Å². The smallest absolute Gasteiger partial charge is 0.220 e. The van der Waals surface area contributed by atoms with Crippen LogP contribution in [0.1, 0.15) is 62.4 Å². The van der Waals surface area contributed by atoms with Crippen molar-refractivity contribution in [3.8, 4) is 0 Å². The number of hydrogen-bond acceptors (Lipinski definition) is 4. The maximum Gasteiger partial charge on any atom is 0.220 e. The second-order valence-electron chi connectivity index (χ2n) is 7.77. The van der Waals surface area contributed by atoms with E-state index in [1.807, 2.05) is 7.05 Å². The van der Waals surface area contributed by atoms with Crippen molar-refractivity contribution < 1.29 is 4.79 Å². The van der Waals surface area contributed by atoms with Crippen molar-refractivity contribution in [3.63, 3.8) is 0 Å². The number of fused-ring (bicyclic) bond motifs is 1. The van der Waals surface area contributed by atoms with Crippen LogP contribution in [0.25, 0.3) is 10.2 Å². The van der Waals surface area contributed by atoms with Crippen LogP contribution in [0.4, 0.5) is 0 Å². The summed E-state index contributed by atoms with van der Waals surface area (Å²) in [6.45, 7) is 5.27. The van der Waals surface area contributed by atoms with Crippen LogP contribution in [0.5, 0.6) is 0 Å². The van der Waals surface area contributed by atoms with E-state index in [1.54, 1.807) is 11.3 Å². The Kier molecular flexibility index (Phi) is 6.65. The van der Waals surface area contributed by atoms with Crippen molar-refractivity contribution in [1.29, 1.82) is 0 Å². The molecule has 1 unspecified atom stereocenters. The van der Waals surface area contributed by atoms with Gasteiger partial charge in [0.1, 0.15) is 0 Å². The fourth-order valence-electron chi connectivity index (χ4n) is 3.87. The quantitative estimate of drug-likeness (QED) is 0.727. The molecular weight excluding hydrogens is 342 g/mol. The fourth-order valence-corrected chi connectivity index (χ4v) is 4.88. The van der Waals surface area contributed by atoms with Gasteiger partial charge in [0.25, 0.3) is 0 Å². The molecule has 1 saturated carbocycles. The van der Waals surface area contributed by atoms with E-state index in [4.69, 9.17) is 4.98 Å². The zero-order valence-corrected chi connectivity index (χ0v) is 17.0. The van der Waals surface area contributed by atoms with Crippen molar-refractivity contribution in [2.75, 3.05) is 13.6 Å². The summed E-state index contributed by atoms with van der Waals surface area (Å²) in [5.41, 5.74) is 2.39. The number of rotatable bonds is 8. The van der Waals surface area contributed by atoms with E-state index in [9.17, 15) is 4.79 Å². The van der Waals surface area contributed by atoms with Crippen LogP contribution in [0, 0.1) is 5.92 Å². The molecule has 1 aliphatic carbocycles. The van der Waals surface area contributed by atoms with E-state index in [1.165, 1.54) is 35.9 Å². The van der Waals surface area contributed by atoms with Gasteiger partial charge in [-0.3, -0.25) is 4.79 Å². The molecule has 3 rings (SSSR count). The highest BCUT2D eigenvalue weighted by Gasteiger charge is 2.25. The second-order valence-corrected chi connectivity index (χ2v) is 8.88. The molecule has 5 heteroatoms. The Bertz CT molecular complexity index is 734. The topological polar surface area (TPSA) is 54.0 Å².